The number of benzene rings is 1. The number of anilines is 3. The Morgan fingerprint density at radius 3 is 2.24 bits per heavy atom. The van der Waals surface area contributed by atoms with E-state index in [1.54, 1.807) is 24.1 Å². The van der Waals surface area contributed by atoms with E-state index < -0.39 is 105 Å². The number of carbonyl (C=O) groups is 3. The second-order valence-electron chi connectivity index (χ2n) is 12.9. The SMILES string of the molecule is CN(Cc1cnc2nc(NC3O[C@H](CO)[C@@H](O[C@@H]4O[C@H](CO)[C@H](O)[C@H](O)[C@H]4O)[C@H](O)[C@H]3O)nc(N)c2n1)c1ccc(C(=O)N[C@@H](CCC(=O)O)C(=O)O)cc1. The van der Waals surface area contributed by atoms with E-state index in [0.29, 0.717) is 11.4 Å². The van der Waals surface area contributed by atoms with E-state index in [1.165, 1.54) is 18.3 Å². The number of amides is 1. The summed E-state index contributed by atoms with van der Waals surface area (Å²) >= 11 is 0. The predicted molar refractivity (Wildman–Crippen MR) is 184 cm³/mol. The van der Waals surface area contributed by atoms with Gasteiger partial charge in [-0.15, -0.1) is 0 Å². The van der Waals surface area contributed by atoms with Crippen LogP contribution in [0.25, 0.3) is 11.2 Å². The molecule has 0 spiro atoms. The fourth-order valence-electron chi connectivity index (χ4n) is 5.91. The van der Waals surface area contributed by atoms with E-state index in [4.69, 9.17) is 25.1 Å². The minimum Gasteiger partial charge on any atom is -0.481 e. The number of aromatic nitrogens is 4. The van der Waals surface area contributed by atoms with Crippen LogP contribution in [-0.2, 0) is 30.3 Å². The van der Waals surface area contributed by atoms with Crippen molar-refractivity contribution in [1.82, 2.24) is 25.3 Å². The lowest BCUT2D eigenvalue weighted by atomic mass is 9.96. The number of hydrogen-bond donors (Lipinski definition) is 12. The Labute approximate surface area is 311 Å². The average Bonchev–Trinajstić information content (AvgIpc) is 3.16. The van der Waals surface area contributed by atoms with Gasteiger partial charge in [-0.1, -0.05) is 0 Å². The van der Waals surface area contributed by atoms with Crippen LogP contribution in [0.2, 0.25) is 0 Å². The smallest absolute Gasteiger partial charge is 0.326 e. The molecule has 11 atom stereocenters. The number of aliphatic carboxylic acids is 2. The van der Waals surface area contributed by atoms with Crippen LogP contribution >= 0.6 is 0 Å². The highest BCUT2D eigenvalue weighted by Crippen LogP contribution is 2.30. The van der Waals surface area contributed by atoms with Crippen LogP contribution in [0, 0.1) is 0 Å². The van der Waals surface area contributed by atoms with Gasteiger partial charge in [-0.05, 0) is 30.7 Å². The molecule has 0 bridgehead atoms. The van der Waals surface area contributed by atoms with Crippen molar-refractivity contribution in [3.8, 4) is 0 Å². The number of fused-ring (bicyclic) bond motifs is 1. The molecule has 300 valence electrons. The number of aliphatic hydroxyl groups excluding tert-OH is 7. The van der Waals surface area contributed by atoms with Crippen LogP contribution in [0.1, 0.15) is 28.9 Å². The highest BCUT2D eigenvalue weighted by molar-refractivity contribution is 5.97. The number of nitrogens with zero attached hydrogens (tertiary/aromatic N) is 5. The number of rotatable bonds is 15. The zero-order valence-electron chi connectivity index (χ0n) is 29.1. The number of nitrogens with one attached hydrogen (secondary N) is 2. The molecule has 5 rings (SSSR count). The molecule has 23 nitrogen and oxygen atoms in total. The normalized spacial score (nSPS) is 28.7. The van der Waals surface area contributed by atoms with Crippen LogP contribution in [0.5, 0.6) is 0 Å². The maximum Gasteiger partial charge on any atom is 0.326 e. The van der Waals surface area contributed by atoms with Crippen molar-refractivity contribution in [2.24, 2.45) is 0 Å². The van der Waals surface area contributed by atoms with Gasteiger partial charge in [0.1, 0.15) is 54.9 Å². The van der Waals surface area contributed by atoms with Crippen molar-refractivity contribution < 1.29 is 74.6 Å². The quantitative estimate of drug-likeness (QED) is 0.0694. The predicted octanol–water partition coefficient (Wildman–Crippen LogP) is -4.28. The summed E-state index contributed by atoms with van der Waals surface area (Å²) in [4.78, 5) is 53.9. The van der Waals surface area contributed by atoms with Crippen LogP contribution in [0.3, 0.4) is 0 Å². The Morgan fingerprint density at radius 1 is 0.909 bits per heavy atom. The second kappa shape index (κ2) is 17.7. The molecule has 4 heterocycles. The van der Waals surface area contributed by atoms with Gasteiger partial charge in [-0.25, -0.2) is 14.8 Å². The van der Waals surface area contributed by atoms with E-state index in [1.807, 2.05) is 0 Å². The molecule has 2 saturated heterocycles. The van der Waals surface area contributed by atoms with Crippen molar-refractivity contribution in [2.45, 2.75) is 86.8 Å². The number of nitrogen functional groups attached to an aromatic ring is 1. The zero-order valence-corrected chi connectivity index (χ0v) is 29.1. The fraction of sp³-hybridized carbons (Fsp3) is 0.531. The molecule has 0 saturated carbocycles. The van der Waals surface area contributed by atoms with Crippen molar-refractivity contribution in [2.75, 3.05) is 36.2 Å². The van der Waals surface area contributed by atoms with E-state index in [2.05, 4.69) is 30.6 Å². The number of nitrogens with two attached hydrogens (primary N) is 1. The summed E-state index contributed by atoms with van der Waals surface area (Å²) in [5, 5.41) is 94.9. The van der Waals surface area contributed by atoms with Crippen LogP contribution in [0.15, 0.2) is 30.5 Å². The van der Waals surface area contributed by atoms with Gasteiger partial charge in [0.2, 0.25) is 5.95 Å². The summed E-state index contributed by atoms with van der Waals surface area (Å²) < 4.78 is 16.6. The lowest BCUT2D eigenvalue weighted by Crippen LogP contribution is -2.65. The van der Waals surface area contributed by atoms with E-state index >= 15 is 0 Å². The zero-order chi connectivity index (χ0) is 40.1. The number of carbonyl (C=O) groups excluding carboxylic acids is 1. The van der Waals surface area contributed by atoms with Gasteiger partial charge in [-0.2, -0.15) is 9.97 Å². The first-order chi connectivity index (χ1) is 26.1. The highest BCUT2D eigenvalue weighted by atomic mass is 16.7. The third-order valence-electron chi connectivity index (χ3n) is 8.98. The van der Waals surface area contributed by atoms with Crippen LogP contribution in [0.4, 0.5) is 17.5 Å². The summed E-state index contributed by atoms with van der Waals surface area (Å²) in [5.41, 5.74) is 7.62. The van der Waals surface area contributed by atoms with E-state index in [9.17, 15) is 55.2 Å². The fourth-order valence-corrected chi connectivity index (χ4v) is 5.91. The molecule has 0 radical (unpaired) electrons. The van der Waals surface area contributed by atoms with E-state index in [-0.39, 0.29) is 41.5 Å². The molecule has 2 fully saturated rings. The van der Waals surface area contributed by atoms with Crippen LogP contribution < -0.4 is 21.3 Å². The number of carboxylic acid groups (broad SMARTS) is 2. The summed E-state index contributed by atoms with van der Waals surface area (Å²) in [6, 6.07) is 4.82. The van der Waals surface area contributed by atoms with Gasteiger partial charge in [0, 0.05) is 24.7 Å². The summed E-state index contributed by atoms with van der Waals surface area (Å²) in [6.07, 6.45) is -15.4. The molecule has 1 unspecified atom stereocenters. The molecule has 2 aliphatic heterocycles. The molecule has 55 heavy (non-hydrogen) atoms. The van der Waals surface area contributed by atoms with Crippen molar-refractivity contribution in [1.29, 1.82) is 0 Å². The lowest BCUT2D eigenvalue weighted by molar-refractivity contribution is -0.340. The molecule has 0 aliphatic carbocycles. The third kappa shape index (κ3) is 9.48. The molecule has 23 heteroatoms. The number of hydrogen-bond acceptors (Lipinski definition) is 20. The molecule has 2 aliphatic rings. The topological polar surface area (TPSA) is 366 Å². The Balaban J connectivity index is 1.22. The molecular formula is C32H42N8O15. The first kappa shape index (κ1) is 41.2. The van der Waals surface area contributed by atoms with Crippen molar-refractivity contribution >= 4 is 46.5 Å². The Hall–Kier alpha value is -4.95. The van der Waals surface area contributed by atoms with E-state index in [0.717, 1.165) is 0 Å². The number of aliphatic hydroxyl groups is 7. The summed E-state index contributed by atoms with van der Waals surface area (Å²) in [7, 11) is 1.74. The van der Waals surface area contributed by atoms with Crippen LogP contribution in [-0.4, -0.2) is 171 Å². The Morgan fingerprint density at radius 2 is 1.60 bits per heavy atom. The number of carboxylic acids is 2. The minimum atomic E-state index is -1.82. The standard InChI is InChI=1S/C32H42N8O15/c1-40(14-4-2-12(3-5-14)28(50)36-15(30(51)52)6-7-18(43)44)9-13-8-34-27-19(35-13)26(33)37-32(38-27)39-29-23(48)22(47)25(17(11-42)53-29)55-31-24(49)21(46)20(45)16(10-41)54-31/h2-5,8,15-17,20-25,29,31,41-42,45-49H,6-7,9-11H2,1H3,(H,36,50)(H,43,44)(H,51,52)(H3,33,34,37,38,39)/t15-,16+,17+,20-,21-,22+,23+,24+,25+,29?,31-/m0/s1. The van der Waals surface area contributed by atoms with Gasteiger partial charge in [0.05, 0.1) is 31.6 Å². The van der Waals surface area contributed by atoms with Gasteiger partial charge in [0.25, 0.3) is 5.91 Å². The first-order valence-corrected chi connectivity index (χ1v) is 16.8. The summed E-state index contributed by atoms with van der Waals surface area (Å²) in [5.74, 6) is -3.53. The Bertz CT molecular complexity index is 1820. The average molecular weight is 779 g/mol. The van der Waals surface area contributed by atoms with Gasteiger partial charge < -0.3 is 81.4 Å². The number of ether oxygens (including phenoxy) is 3. The van der Waals surface area contributed by atoms with Crippen molar-refractivity contribution in [3.63, 3.8) is 0 Å². The monoisotopic (exact) mass is 778 g/mol. The van der Waals surface area contributed by atoms with Gasteiger partial charge in [0.15, 0.2) is 29.5 Å². The molecule has 1 amide bonds. The maximum absolute atomic E-state index is 12.6. The first-order valence-electron chi connectivity index (χ1n) is 16.8. The lowest BCUT2D eigenvalue weighted by Gasteiger charge is -2.46. The maximum atomic E-state index is 12.6. The molecule has 2 aromatic heterocycles. The minimum absolute atomic E-state index is 0.0492. The molecular weight excluding hydrogens is 736 g/mol. The summed E-state index contributed by atoms with van der Waals surface area (Å²) in [6.45, 7) is -1.28. The molecule has 1 aromatic carbocycles. The van der Waals surface area contributed by atoms with Gasteiger partial charge in [-0.3, -0.25) is 9.59 Å². The third-order valence-corrected chi connectivity index (χ3v) is 8.98. The molecule has 13 N–H and O–H groups in total. The van der Waals surface area contributed by atoms with Gasteiger partial charge >= 0.3 is 11.9 Å². The second-order valence-corrected chi connectivity index (χ2v) is 12.9. The molecule has 3 aromatic rings. The Kier molecular flexibility index (Phi) is 13.2. The highest BCUT2D eigenvalue weighted by Gasteiger charge is 2.50. The largest absolute Gasteiger partial charge is 0.481 e. The van der Waals surface area contributed by atoms with Crippen molar-refractivity contribution in [3.05, 3.63) is 41.7 Å².